The van der Waals surface area contributed by atoms with E-state index in [0.29, 0.717) is 0 Å². The van der Waals surface area contributed by atoms with Gasteiger partial charge in [0, 0.05) is 0 Å². The predicted octanol–water partition coefficient (Wildman–Crippen LogP) is 0.862. The van der Waals surface area contributed by atoms with Gasteiger partial charge < -0.3 is 9.55 Å². The largest absolute Gasteiger partial charge is 0.326 e. The molecule has 0 rings (SSSR count). The van der Waals surface area contributed by atoms with Crippen LogP contribution in [0.2, 0.25) is 0 Å². The molecule has 0 unspecified atom stereocenters. The molecule has 0 aliphatic carbocycles. The quantitative estimate of drug-likeness (QED) is 0.456. The Morgan fingerprint density at radius 3 is 2.50 bits per heavy atom. The van der Waals surface area contributed by atoms with Crippen LogP contribution in [0.3, 0.4) is 0 Å². The summed E-state index contributed by atoms with van der Waals surface area (Å²) < 4.78 is 2.17. The first-order valence-corrected chi connectivity index (χ1v) is 4.88. The first kappa shape index (κ1) is 10.1. The zero-order valence-corrected chi connectivity index (χ0v) is 8.28. The Morgan fingerprint density at radius 1 is 1.30 bits per heavy atom. The summed E-state index contributed by atoms with van der Waals surface area (Å²) in [6, 6.07) is 0. The van der Waals surface area contributed by atoms with Gasteiger partial charge in [0.25, 0.3) is 0 Å². The highest BCUT2D eigenvalue weighted by Gasteiger charge is 1.90. The Hall–Kier alpha value is 0.137. The van der Waals surface area contributed by atoms with Gasteiger partial charge in [-0.15, -0.1) is 0 Å². The first-order valence-electron chi connectivity index (χ1n) is 3.93. The monoisotopic (exact) mass is 158 g/mol. The summed E-state index contributed by atoms with van der Waals surface area (Å²) in [6.07, 6.45) is 3.98. The van der Waals surface area contributed by atoms with E-state index in [1.165, 1.54) is 25.8 Å². The number of unbranched alkanes of at least 4 members (excludes halogenated alkanes) is 2. The van der Waals surface area contributed by atoms with Gasteiger partial charge in [0.1, 0.15) is 0 Å². The fraction of sp³-hybridized carbons (Fsp3) is 1.00. The van der Waals surface area contributed by atoms with Crippen molar-refractivity contribution in [1.29, 1.82) is 0 Å². The molecule has 0 saturated carbocycles. The number of rotatable bonds is 6. The highest BCUT2D eigenvalue weighted by atomic mass is 28.2. The molecule has 0 aliphatic rings. The van der Waals surface area contributed by atoms with E-state index < -0.39 is 0 Å². The first-order chi connectivity index (χ1) is 4.77. The Morgan fingerprint density at radius 2 is 2.00 bits per heavy atom. The van der Waals surface area contributed by atoms with Crippen LogP contribution in [0.25, 0.3) is 0 Å². The van der Waals surface area contributed by atoms with Crippen molar-refractivity contribution in [3.8, 4) is 0 Å². The van der Waals surface area contributed by atoms with Crippen molar-refractivity contribution in [2.45, 2.75) is 26.2 Å². The molecule has 0 aromatic heterocycles. The summed E-state index contributed by atoms with van der Waals surface area (Å²) in [5.41, 5.74) is 0. The number of nitrogens with zero attached hydrogens (tertiary/aromatic N) is 1. The SMILES string of the molecule is CCCCCN[Si]N(C)C. The summed E-state index contributed by atoms with van der Waals surface area (Å²) in [6.45, 7) is 3.40. The second-order valence-electron chi connectivity index (χ2n) is 2.64. The van der Waals surface area contributed by atoms with Crippen molar-refractivity contribution in [3.63, 3.8) is 0 Å². The summed E-state index contributed by atoms with van der Waals surface area (Å²) >= 11 is 0. The van der Waals surface area contributed by atoms with Crippen LogP contribution in [0, 0.1) is 0 Å². The Labute approximate surface area is 67.0 Å². The third kappa shape index (κ3) is 8.14. The van der Waals surface area contributed by atoms with Crippen molar-refractivity contribution in [2.24, 2.45) is 0 Å². The van der Waals surface area contributed by atoms with Crippen molar-refractivity contribution in [2.75, 3.05) is 20.6 Å². The van der Waals surface area contributed by atoms with Crippen molar-refractivity contribution in [1.82, 2.24) is 9.55 Å². The highest BCUT2D eigenvalue weighted by molar-refractivity contribution is 6.28. The highest BCUT2D eigenvalue weighted by Crippen LogP contribution is 1.90. The van der Waals surface area contributed by atoms with Gasteiger partial charge in [-0.1, -0.05) is 19.8 Å². The van der Waals surface area contributed by atoms with Crippen LogP contribution < -0.4 is 4.98 Å². The van der Waals surface area contributed by atoms with E-state index in [1.807, 2.05) is 0 Å². The molecule has 0 atom stereocenters. The minimum atomic E-state index is 0.783. The molecule has 0 amide bonds. The molecule has 0 aromatic carbocycles. The third-order valence-corrected chi connectivity index (χ3v) is 2.06. The van der Waals surface area contributed by atoms with Crippen LogP contribution in [0.5, 0.6) is 0 Å². The molecule has 1 N–H and O–H groups in total. The van der Waals surface area contributed by atoms with Crippen molar-refractivity contribution in [3.05, 3.63) is 0 Å². The average molecular weight is 158 g/mol. The van der Waals surface area contributed by atoms with Crippen LogP contribution >= 0.6 is 0 Å². The number of hydrogen-bond donors (Lipinski definition) is 1. The van der Waals surface area contributed by atoms with E-state index in [0.717, 1.165) is 9.84 Å². The lowest BCUT2D eigenvalue weighted by atomic mass is 10.3. The van der Waals surface area contributed by atoms with E-state index in [1.54, 1.807) is 0 Å². The molecule has 0 heterocycles. The minimum Gasteiger partial charge on any atom is -0.326 e. The molecule has 10 heavy (non-hydrogen) atoms. The van der Waals surface area contributed by atoms with E-state index in [9.17, 15) is 0 Å². The van der Waals surface area contributed by atoms with Gasteiger partial charge in [-0.3, -0.25) is 0 Å². The molecule has 60 valence electrons. The summed E-state index contributed by atoms with van der Waals surface area (Å²) in [7, 11) is 4.96. The van der Waals surface area contributed by atoms with Gasteiger partial charge in [-0.25, -0.2) is 0 Å². The van der Waals surface area contributed by atoms with Crippen molar-refractivity contribution < 1.29 is 0 Å². The van der Waals surface area contributed by atoms with Gasteiger partial charge in [0.05, 0.1) is 0 Å². The molecule has 0 saturated heterocycles. The standard InChI is InChI=1S/C7H18N2Si/c1-4-5-6-7-8-10-9(2)3/h8H,4-7H2,1-3H3. The lowest BCUT2D eigenvalue weighted by molar-refractivity contribution is 0.624. The topological polar surface area (TPSA) is 15.3 Å². The summed E-state index contributed by atoms with van der Waals surface area (Å²) in [5, 5.41) is 0. The zero-order chi connectivity index (χ0) is 7.82. The molecule has 0 aromatic rings. The van der Waals surface area contributed by atoms with Crippen LogP contribution in [-0.4, -0.2) is 35.0 Å². The molecular formula is C7H18N2Si. The normalized spacial score (nSPS) is 10.8. The van der Waals surface area contributed by atoms with Gasteiger partial charge >= 0.3 is 0 Å². The lowest BCUT2D eigenvalue weighted by Crippen LogP contribution is -2.32. The maximum atomic E-state index is 3.37. The van der Waals surface area contributed by atoms with Crippen LogP contribution in [0.1, 0.15) is 26.2 Å². The van der Waals surface area contributed by atoms with Gasteiger partial charge in [-0.2, -0.15) is 0 Å². The number of nitrogens with one attached hydrogen (secondary N) is 1. The summed E-state index contributed by atoms with van der Waals surface area (Å²) in [5.74, 6) is 0. The van der Waals surface area contributed by atoms with Gasteiger partial charge in [0.15, 0.2) is 0 Å². The molecule has 3 heteroatoms. The molecule has 0 fully saturated rings. The smallest absolute Gasteiger partial charge is 0.247 e. The van der Waals surface area contributed by atoms with Crippen LogP contribution in [0.15, 0.2) is 0 Å². The molecule has 0 aliphatic heterocycles. The van der Waals surface area contributed by atoms with E-state index >= 15 is 0 Å². The van der Waals surface area contributed by atoms with Gasteiger partial charge in [-0.05, 0) is 27.1 Å². The maximum Gasteiger partial charge on any atom is 0.247 e. The van der Waals surface area contributed by atoms with E-state index in [4.69, 9.17) is 0 Å². The van der Waals surface area contributed by atoms with Crippen LogP contribution in [0.4, 0.5) is 0 Å². The predicted molar refractivity (Wildman–Crippen MR) is 47.0 cm³/mol. The number of hydrogen-bond acceptors (Lipinski definition) is 2. The lowest BCUT2D eigenvalue weighted by Gasteiger charge is -2.07. The fourth-order valence-electron chi connectivity index (χ4n) is 0.677. The third-order valence-electron chi connectivity index (χ3n) is 1.21. The molecule has 0 spiro atoms. The zero-order valence-electron chi connectivity index (χ0n) is 7.28. The van der Waals surface area contributed by atoms with E-state index in [-0.39, 0.29) is 0 Å². The second kappa shape index (κ2) is 7.25. The maximum absolute atomic E-state index is 3.37. The molecule has 2 nitrogen and oxygen atoms in total. The van der Waals surface area contributed by atoms with E-state index in [2.05, 4.69) is 30.6 Å². The fourth-order valence-corrected chi connectivity index (χ4v) is 1.28. The Bertz CT molecular complexity index is 66.6. The second-order valence-corrected chi connectivity index (χ2v) is 4.11. The van der Waals surface area contributed by atoms with Gasteiger partial charge in [0.2, 0.25) is 9.84 Å². The average Bonchev–Trinajstić information content (AvgIpc) is 1.87. The van der Waals surface area contributed by atoms with Crippen LogP contribution in [-0.2, 0) is 0 Å². The Kier molecular flexibility index (Phi) is 7.35. The van der Waals surface area contributed by atoms with Crippen molar-refractivity contribution >= 4 is 9.84 Å². The molecule has 0 bridgehead atoms. The molecule has 2 radical (unpaired) electrons. The Balaban J connectivity index is 2.77. The minimum absolute atomic E-state index is 0.783. The molecular weight excluding hydrogens is 140 g/mol. The summed E-state index contributed by atoms with van der Waals surface area (Å²) in [4.78, 5) is 3.37.